The molecule has 1 atom stereocenters. The number of benzene rings is 2. The van der Waals surface area contributed by atoms with E-state index in [1.165, 1.54) is 0 Å². The topological polar surface area (TPSA) is 71.3 Å². The highest BCUT2D eigenvalue weighted by Gasteiger charge is 2.21. The summed E-state index contributed by atoms with van der Waals surface area (Å²) in [6.07, 6.45) is 0. The van der Waals surface area contributed by atoms with Crippen LogP contribution in [0.3, 0.4) is 0 Å². The molecule has 0 aliphatic rings. The Kier molecular flexibility index (Phi) is 7.25. The Morgan fingerprint density at radius 1 is 1.04 bits per heavy atom. The van der Waals surface area contributed by atoms with E-state index >= 15 is 0 Å². The molecule has 0 bridgehead atoms. The van der Waals surface area contributed by atoms with E-state index in [9.17, 15) is 4.79 Å². The largest absolute Gasteiger partial charge is 0.490 e. The van der Waals surface area contributed by atoms with Crippen LogP contribution in [0.1, 0.15) is 55.2 Å². The molecule has 0 aliphatic carbocycles. The van der Waals surface area contributed by atoms with Gasteiger partial charge >= 0.3 is 0 Å². The van der Waals surface area contributed by atoms with Gasteiger partial charge in [-0.1, -0.05) is 19.9 Å². The van der Waals surface area contributed by atoms with Crippen molar-refractivity contribution in [3.8, 4) is 17.6 Å². The normalized spacial score (nSPS) is 11.6. The second-order valence-corrected chi connectivity index (χ2v) is 6.46. The highest BCUT2D eigenvalue weighted by Crippen LogP contribution is 2.33. The van der Waals surface area contributed by atoms with Gasteiger partial charge in [0.25, 0.3) is 5.91 Å². The average Bonchev–Trinajstić information content (AvgIpc) is 2.67. The van der Waals surface area contributed by atoms with Crippen LogP contribution in [0.25, 0.3) is 0 Å². The van der Waals surface area contributed by atoms with Gasteiger partial charge in [0.15, 0.2) is 11.5 Å². The number of nitrogens with one attached hydrogen (secondary N) is 1. The number of nitriles is 1. The molecule has 0 spiro atoms. The lowest BCUT2D eigenvalue weighted by Crippen LogP contribution is -2.31. The predicted molar refractivity (Wildman–Crippen MR) is 105 cm³/mol. The lowest BCUT2D eigenvalue weighted by Gasteiger charge is -2.24. The molecule has 2 aromatic rings. The minimum absolute atomic E-state index is 0.176. The fourth-order valence-electron chi connectivity index (χ4n) is 2.82. The molecule has 2 aromatic carbocycles. The minimum atomic E-state index is -0.178. The van der Waals surface area contributed by atoms with E-state index in [4.69, 9.17) is 14.7 Å². The van der Waals surface area contributed by atoms with E-state index in [-0.39, 0.29) is 17.9 Å². The maximum Gasteiger partial charge on any atom is 0.251 e. The zero-order chi connectivity index (χ0) is 19.8. The Labute approximate surface area is 160 Å². The van der Waals surface area contributed by atoms with Crippen LogP contribution in [0.5, 0.6) is 11.5 Å². The van der Waals surface area contributed by atoms with Gasteiger partial charge < -0.3 is 14.8 Å². The summed E-state index contributed by atoms with van der Waals surface area (Å²) in [5.41, 5.74) is 2.01. The van der Waals surface area contributed by atoms with Gasteiger partial charge in [0.1, 0.15) is 0 Å². The Bertz CT molecular complexity index is 807. The number of nitrogens with zero attached hydrogens (tertiary/aromatic N) is 1. The number of rotatable bonds is 8. The molecule has 0 saturated carbocycles. The third kappa shape index (κ3) is 5.24. The first-order chi connectivity index (χ1) is 13.0. The van der Waals surface area contributed by atoms with Gasteiger partial charge in [-0.2, -0.15) is 5.26 Å². The van der Waals surface area contributed by atoms with E-state index in [0.717, 1.165) is 5.56 Å². The summed E-state index contributed by atoms with van der Waals surface area (Å²) in [6.45, 7) is 9.06. The molecule has 1 N–H and O–H groups in total. The molecule has 27 heavy (non-hydrogen) atoms. The monoisotopic (exact) mass is 366 g/mol. The molecular weight excluding hydrogens is 340 g/mol. The van der Waals surface area contributed by atoms with Crippen LogP contribution >= 0.6 is 0 Å². The second kappa shape index (κ2) is 9.63. The summed E-state index contributed by atoms with van der Waals surface area (Å²) in [7, 11) is 0. The zero-order valence-corrected chi connectivity index (χ0v) is 16.3. The van der Waals surface area contributed by atoms with Crippen LogP contribution in [-0.4, -0.2) is 19.1 Å². The van der Waals surface area contributed by atoms with E-state index in [1.54, 1.807) is 24.3 Å². The van der Waals surface area contributed by atoms with Crippen molar-refractivity contribution in [1.29, 1.82) is 5.26 Å². The number of carbonyl (C=O) groups is 1. The van der Waals surface area contributed by atoms with Gasteiger partial charge in [0, 0.05) is 5.56 Å². The van der Waals surface area contributed by atoms with Gasteiger partial charge in [0.05, 0.1) is 30.9 Å². The van der Waals surface area contributed by atoms with E-state index in [2.05, 4.69) is 25.2 Å². The van der Waals surface area contributed by atoms with Crippen molar-refractivity contribution in [2.75, 3.05) is 13.2 Å². The number of hydrogen-bond donors (Lipinski definition) is 1. The Balaban J connectivity index is 2.27. The average molecular weight is 366 g/mol. The summed E-state index contributed by atoms with van der Waals surface area (Å²) in [5, 5.41) is 12.0. The minimum Gasteiger partial charge on any atom is -0.490 e. The molecule has 0 fully saturated rings. The lowest BCUT2D eigenvalue weighted by molar-refractivity contribution is 0.0925. The standard InChI is InChI=1S/C22H26N2O3/c1-5-26-19-12-11-18(13-20(19)27-6-2)21(15(3)4)24-22(25)17-9-7-16(14-23)8-10-17/h7-13,15,21H,5-6H2,1-4H3,(H,24,25). The first-order valence-corrected chi connectivity index (χ1v) is 9.20. The van der Waals surface area contributed by atoms with E-state index in [0.29, 0.717) is 35.8 Å². The van der Waals surface area contributed by atoms with Crippen LogP contribution in [0.4, 0.5) is 0 Å². The van der Waals surface area contributed by atoms with Crippen molar-refractivity contribution in [2.45, 2.75) is 33.7 Å². The number of carbonyl (C=O) groups excluding carboxylic acids is 1. The second-order valence-electron chi connectivity index (χ2n) is 6.46. The molecule has 0 radical (unpaired) electrons. The van der Waals surface area contributed by atoms with Crippen molar-refractivity contribution < 1.29 is 14.3 Å². The fraction of sp³-hybridized carbons (Fsp3) is 0.364. The van der Waals surface area contributed by atoms with Crippen molar-refractivity contribution in [3.63, 3.8) is 0 Å². The first kappa shape index (κ1) is 20.3. The van der Waals surface area contributed by atoms with E-state index < -0.39 is 0 Å². The molecule has 0 aromatic heterocycles. The zero-order valence-electron chi connectivity index (χ0n) is 16.3. The highest BCUT2D eigenvalue weighted by molar-refractivity contribution is 5.94. The Morgan fingerprint density at radius 2 is 1.67 bits per heavy atom. The number of ether oxygens (including phenoxy) is 2. The van der Waals surface area contributed by atoms with Crippen LogP contribution in [-0.2, 0) is 0 Å². The summed E-state index contributed by atoms with van der Waals surface area (Å²) in [6, 6.07) is 14.3. The smallest absolute Gasteiger partial charge is 0.251 e. The lowest BCUT2D eigenvalue weighted by atomic mass is 9.95. The third-order valence-electron chi connectivity index (χ3n) is 4.16. The van der Waals surface area contributed by atoms with Crippen molar-refractivity contribution in [2.24, 2.45) is 5.92 Å². The molecule has 5 nitrogen and oxygen atoms in total. The molecular formula is C22H26N2O3. The summed E-state index contributed by atoms with van der Waals surface area (Å²) >= 11 is 0. The summed E-state index contributed by atoms with van der Waals surface area (Å²) in [4.78, 5) is 12.7. The van der Waals surface area contributed by atoms with Crippen LogP contribution in [0.15, 0.2) is 42.5 Å². The van der Waals surface area contributed by atoms with Crippen LogP contribution < -0.4 is 14.8 Å². The molecule has 1 amide bonds. The summed E-state index contributed by atoms with van der Waals surface area (Å²) in [5.74, 6) is 1.38. The van der Waals surface area contributed by atoms with Crippen molar-refractivity contribution in [3.05, 3.63) is 59.2 Å². The van der Waals surface area contributed by atoms with E-state index in [1.807, 2.05) is 32.0 Å². The maximum absolute atomic E-state index is 12.7. The third-order valence-corrected chi connectivity index (χ3v) is 4.16. The van der Waals surface area contributed by atoms with Gasteiger partial charge in [-0.25, -0.2) is 0 Å². The number of amides is 1. The molecule has 1 unspecified atom stereocenters. The van der Waals surface area contributed by atoms with Crippen molar-refractivity contribution >= 4 is 5.91 Å². The fourth-order valence-corrected chi connectivity index (χ4v) is 2.82. The SMILES string of the molecule is CCOc1ccc(C(NC(=O)c2ccc(C#N)cc2)C(C)C)cc1OCC. The van der Waals surface area contributed by atoms with Crippen LogP contribution in [0.2, 0.25) is 0 Å². The maximum atomic E-state index is 12.7. The van der Waals surface area contributed by atoms with Gasteiger partial charge in [-0.3, -0.25) is 4.79 Å². The predicted octanol–water partition coefficient (Wildman–Crippen LogP) is 4.48. The number of hydrogen-bond acceptors (Lipinski definition) is 4. The molecule has 0 aliphatic heterocycles. The Hall–Kier alpha value is -3.00. The van der Waals surface area contributed by atoms with Crippen LogP contribution in [0, 0.1) is 17.2 Å². The molecule has 2 rings (SSSR count). The summed E-state index contributed by atoms with van der Waals surface area (Å²) < 4.78 is 11.3. The van der Waals surface area contributed by atoms with Gasteiger partial charge in [-0.15, -0.1) is 0 Å². The molecule has 142 valence electrons. The highest BCUT2D eigenvalue weighted by atomic mass is 16.5. The molecule has 0 saturated heterocycles. The first-order valence-electron chi connectivity index (χ1n) is 9.20. The van der Waals surface area contributed by atoms with Gasteiger partial charge in [0.2, 0.25) is 0 Å². The van der Waals surface area contributed by atoms with Gasteiger partial charge in [-0.05, 0) is 61.7 Å². The molecule has 5 heteroatoms. The van der Waals surface area contributed by atoms with Crippen molar-refractivity contribution in [1.82, 2.24) is 5.32 Å². The Morgan fingerprint density at radius 3 is 2.22 bits per heavy atom. The molecule has 0 heterocycles. The quantitative estimate of drug-likeness (QED) is 0.747.